The maximum atomic E-state index is 13.3. The summed E-state index contributed by atoms with van der Waals surface area (Å²) in [4.78, 5) is 24.8. The van der Waals surface area contributed by atoms with Gasteiger partial charge in [0.2, 0.25) is 0 Å². The van der Waals surface area contributed by atoms with Crippen LogP contribution in [0.5, 0.6) is 0 Å². The second-order valence-corrected chi connectivity index (χ2v) is 6.93. The van der Waals surface area contributed by atoms with Crippen LogP contribution in [0, 0.1) is 23.5 Å². The Morgan fingerprint density at radius 3 is 2.39 bits per heavy atom. The number of rotatable bonds is 3. The predicted octanol–water partition coefficient (Wildman–Crippen LogP) is 3.19. The Hall–Kier alpha value is -1.98. The molecule has 0 spiro atoms. The van der Waals surface area contributed by atoms with Crippen LogP contribution in [0.15, 0.2) is 18.2 Å². The molecule has 0 aromatic heterocycles. The van der Waals surface area contributed by atoms with Gasteiger partial charge in [-0.3, -0.25) is 0 Å². The monoisotopic (exact) mass is 325 g/mol. The Kier molecular flexibility index (Phi) is 5.02. The van der Waals surface area contributed by atoms with Crippen LogP contribution in [0.1, 0.15) is 26.3 Å². The SMILES string of the molecule is CC(C)(C)OC(=O)N1CC(C=O)C(Cc2cc(F)cc(F)c2)C1. The van der Waals surface area contributed by atoms with Crippen LogP contribution in [0.3, 0.4) is 0 Å². The van der Waals surface area contributed by atoms with Gasteiger partial charge in [0, 0.05) is 25.1 Å². The highest BCUT2D eigenvalue weighted by Gasteiger charge is 2.37. The highest BCUT2D eigenvalue weighted by molar-refractivity contribution is 5.70. The van der Waals surface area contributed by atoms with Gasteiger partial charge in [-0.05, 0) is 50.8 Å². The molecule has 1 heterocycles. The van der Waals surface area contributed by atoms with Crippen molar-refractivity contribution < 1.29 is 23.1 Å². The number of hydrogen-bond acceptors (Lipinski definition) is 3. The fourth-order valence-electron chi connectivity index (χ4n) is 2.77. The third-order valence-electron chi connectivity index (χ3n) is 3.74. The van der Waals surface area contributed by atoms with E-state index in [0.717, 1.165) is 12.4 Å². The van der Waals surface area contributed by atoms with E-state index < -0.39 is 23.3 Å². The zero-order valence-corrected chi connectivity index (χ0v) is 13.5. The van der Waals surface area contributed by atoms with Crippen LogP contribution in [-0.4, -0.2) is 36.0 Å². The van der Waals surface area contributed by atoms with Crippen LogP contribution in [0.4, 0.5) is 13.6 Å². The number of nitrogens with zero attached hydrogens (tertiary/aromatic N) is 1. The third-order valence-corrected chi connectivity index (χ3v) is 3.74. The standard InChI is InChI=1S/C17H21F2NO3/c1-17(2,3)23-16(22)20-8-12(13(9-20)10-21)4-11-5-14(18)7-15(19)6-11/h5-7,10,12-13H,4,8-9H2,1-3H3. The van der Waals surface area contributed by atoms with Crippen molar-refractivity contribution in [2.75, 3.05) is 13.1 Å². The average molecular weight is 325 g/mol. The van der Waals surface area contributed by atoms with Crippen LogP contribution in [0.25, 0.3) is 0 Å². The fraction of sp³-hybridized carbons (Fsp3) is 0.529. The molecule has 1 aromatic rings. The van der Waals surface area contributed by atoms with Crippen LogP contribution < -0.4 is 0 Å². The lowest BCUT2D eigenvalue weighted by Gasteiger charge is -2.24. The van der Waals surface area contributed by atoms with Gasteiger partial charge in [-0.15, -0.1) is 0 Å². The van der Waals surface area contributed by atoms with E-state index in [4.69, 9.17) is 4.74 Å². The Morgan fingerprint density at radius 1 is 1.26 bits per heavy atom. The molecule has 2 atom stereocenters. The van der Waals surface area contributed by atoms with Crippen molar-refractivity contribution in [2.45, 2.75) is 32.8 Å². The minimum atomic E-state index is -0.648. The zero-order chi connectivity index (χ0) is 17.2. The average Bonchev–Trinajstić information content (AvgIpc) is 2.78. The summed E-state index contributed by atoms with van der Waals surface area (Å²) >= 11 is 0. The molecule has 6 heteroatoms. The maximum absolute atomic E-state index is 13.3. The molecule has 2 unspecified atom stereocenters. The number of carbonyl (C=O) groups is 2. The van der Waals surface area contributed by atoms with Gasteiger partial charge >= 0.3 is 6.09 Å². The Balaban J connectivity index is 2.07. The third kappa shape index (κ3) is 4.74. The molecule has 1 saturated heterocycles. The number of carbonyl (C=O) groups excluding carboxylic acids is 2. The first-order valence-corrected chi connectivity index (χ1v) is 7.56. The summed E-state index contributed by atoms with van der Waals surface area (Å²) in [6.45, 7) is 5.90. The van der Waals surface area contributed by atoms with Gasteiger partial charge in [0.1, 0.15) is 23.5 Å². The molecule has 0 aliphatic carbocycles. The van der Waals surface area contributed by atoms with Gasteiger partial charge in [-0.25, -0.2) is 13.6 Å². The summed E-state index contributed by atoms with van der Waals surface area (Å²) in [5.41, 5.74) is -0.136. The second-order valence-electron chi connectivity index (χ2n) is 6.93. The van der Waals surface area contributed by atoms with Gasteiger partial charge in [-0.2, -0.15) is 0 Å². The summed E-state index contributed by atoms with van der Waals surface area (Å²) in [6, 6.07) is 3.31. The molecule has 1 aliphatic rings. The lowest BCUT2D eigenvalue weighted by atomic mass is 9.91. The Labute approximate surface area is 134 Å². The van der Waals surface area contributed by atoms with Crippen LogP contribution in [-0.2, 0) is 16.0 Å². The van der Waals surface area contributed by atoms with Crippen molar-refractivity contribution in [2.24, 2.45) is 11.8 Å². The maximum Gasteiger partial charge on any atom is 0.410 e. The van der Waals surface area contributed by atoms with Crippen molar-refractivity contribution in [3.05, 3.63) is 35.4 Å². The number of benzene rings is 1. The Bertz CT molecular complexity index is 578. The van der Waals surface area contributed by atoms with E-state index in [1.165, 1.54) is 17.0 Å². The van der Waals surface area contributed by atoms with Gasteiger partial charge in [0.05, 0.1) is 0 Å². The van der Waals surface area contributed by atoms with Gasteiger partial charge in [0.15, 0.2) is 0 Å². The van der Waals surface area contributed by atoms with E-state index in [-0.39, 0.29) is 18.4 Å². The molecule has 0 saturated carbocycles. The molecule has 1 fully saturated rings. The topological polar surface area (TPSA) is 46.6 Å². The lowest BCUT2D eigenvalue weighted by molar-refractivity contribution is -0.111. The van der Waals surface area contributed by atoms with Crippen molar-refractivity contribution in [1.82, 2.24) is 4.90 Å². The van der Waals surface area contributed by atoms with E-state index in [1.54, 1.807) is 20.8 Å². The molecule has 126 valence electrons. The number of halogens is 2. The molecule has 4 nitrogen and oxygen atoms in total. The summed E-state index contributed by atoms with van der Waals surface area (Å²) in [5, 5.41) is 0. The molecule has 23 heavy (non-hydrogen) atoms. The van der Waals surface area contributed by atoms with Gasteiger partial charge in [-0.1, -0.05) is 0 Å². The highest BCUT2D eigenvalue weighted by Crippen LogP contribution is 2.27. The quantitative estimate of drug-likeness (QED) is 0.802. The number of amides is 1. The molecule has 1 aromatic carbocycles. The molecule has 0 N–H and O–H groups in total. The van der Waals surface area contributed by atoms with Crippen LogP contribution >= 0.6 is 0 Å². The first kappa shape index (κ1) is 17.4. The number of likely N-dealkylation sites (tertiary alicyclic amines) is 1. The van der Waals surface area contributed by atoms with Crippen molar-refractivity contribution >= 4 is 12.4 Å². The largest absolute Gasteiger partial charge is 0.444 e. The van der Waals surface area contributed by atoms with E-state index in [0.29, 0.717) is 18.5 Å². The molecule has 1 aliphatic heterocycles. The van der Waals surface area contributed by atoms with Crippen LogP contribution in [0.2, 0.25) is 0 Å². The summed E-state index contributed by atoms with van der Waals surface area (Å²) in [7, 11) is 0. The summed E-state index contributed by atoms with van der Waals surface area (Å²) in [5.74, 6) is -1.84. The normalized spacial score (nSPS) is 21.3. The molecule has 1 amide bonds. The number of aldehydes is 1. The van der Waals surface area contributed by atoms with Crippen molar-refractivity contribution in [1.29, 1.82) is 0 Å². The second kappa shape index (κ2) is 6.64. The first-order valence-electron chi connectivity index (χ1n) is 7.56. The molecule has 0 bridgehead atoms. The Morgan fingerprint density at radius 2 is 1.87 bits per heavy atom. The number of hydrogen-bond donors (Lipinski definition) is 0. The molecular weight excluding hydrogens is 304 g/mol. The first-order chi connectivity index (χ1) is 10.7. The van der Waals surface area contributed by atoms with Crippen molar-refractivity contribution in [3.63, 3.8) is 0 Å². The lowest BCUT2D eigenvalue weighted by Crippen LogP contribution is -2.35. The van der Waals surface area contributed by atoms with Gasteiger partial charge in [0.25, 0.3) is 0 Å². The minimum absolute atomic E-state index is 0.179. The summed E-state index contributed by atoms with van der Waals surface area (Å²) < 4.78 is 31.9. The van der Waals surface area contributed by atoms with E-state index in [1.807, 2.05) is 0 Å². The van der Waals surface area contributed by atoms with E-state index in [9.17, 15) is 18.4 Å². The fourth-order valence-corrected chi connectivity index (χ4v) is 2.77. The molecular formula is C17H21F2NO3. The smallest absolute Gasteiger partial charge is 0.410 e. The van der Waals surface area contributed by atoms with E-state index in [2.05, 4.69) is 0 Å². The van der Waals surface area contributed by atoms with Crippen molar-refractivity contribution in [3.8, 4) is 0 Å². The molecule has 2 rings (SSSR count). The zero-order valence-electron chi connectivity index (χ0n) is 13.5. The minimum Gasteiger partial charge on any atom is -0.444 e. The van der Waals surface area contributed by atoms with E-state index >= 15 is 0 Å². The molecule has 0 radical (unpaired) electrons. The highest BCUT2D eigenvalue weighted by atomic mass is 19.1. The number of ether oxygens (including phenoxy) is 1. The summed E-state index contributed by atoms with van der Waals surface area (Å²) in [6.07, 6.45) is 0.652. The van der Waals surface area contributed by atoms with Gasteiger partial charge < -0.3 is 14.4 Å². The predicted molar refractivity (Wildman–Crippen MR) is 80.9 cm³/mol.